The van der Waals surface area contributed by atoms with Gasteiger partial charge in [-0.1, -0.05) is 6.07 Å². The van der Waals surface area contributed by atoms with Crippen LogP contribution in [0.2, 0.25) is 0 Å². The Hall–Kier alpha value is -2.56. The van der Waals surface area contributed by atoms with Crippen LogP contribution in [0, 0.1) is 12.7 Å². The topological polar surface area (TPSA) is 58.0 Å². The van der Waals surface area contributed by atoms with E-state index in [-0.39, 0.29) is 5.82 Å². The molecule has 1 heterocycles. The zero-order valence-electron chi connectivity index (χ0n) is 10.9. The summed E-state index contributed by atoms with van der Waals surface area (Å²) in [5.41, 5.74) is 3.90. The molecule has 0 radical (unpaired) electrons. The molecule has 0 fully saturated rings. The van der Waals surface area contributed by atoms with Crippen molar-refractivity contribution in [1.29, 1.82) is 0 Å². The second-order valence-electron chi connectivity index (χ2n) is 4.65. The molecule has 0 unspecified atom stereocenters. The van der Waals surface area contributed by atoms with E-state index < -0.39 is 5.76 Å². The Bertz CT molecular complexity index is 820. The molecule has 0 aliphatic heterocycles. The minimum Gasteiger partial charge on any atom is -0.408 e. The Morgan fingerprint density at radius 2 is 2.10 bits per heavy atom. The van der Waals surface area contributed by atoms with Gasteiger partial charge in [0.1, 0.15) is 5.82 Å². The molecule has 0 aliphatic rings. The minimum absolute atomic E-state index is 0.248. The van der Waals surface area contributed by atoms with Crippen molar-refractivity contribution in [2.24, 2.45) is 0 Å². The number of halogens is 1. The van der Waals surface area contributed by atoms with Gasteiger partial charge in [-0.2, -0.15) is 0 Å². The van der Waals surface area contributed by atoms with Gasteiger partial charge in [0.25, 0.3) is 0 Å². The third kappa shape index (κ3) is 2.42. The third-order valence-electron chi connectivity index (χ3n) is 3.21. The number of hydrogen-bond donors (Lipinski definition) is 2. The summed E-state index contributed by atoms with van der Waals surface area (Å²) in [5, 5.41) is 3.20. The number of aromatic nitrogens is 1. The van der Waals surface area contributed by atoms with E-state index in [0.29, 0.717) is 17.6 Å². The van der Waals surface area contributed by atoms with Gasteiger partial charge in [-0.05, 0) is 48.4 Å². The molecule has 4 nitrogen and oxygen atoms in total. The second-order valence-corrected chi connectivity index (χ2v) is 4.65. The van der Waals surface area contributed by atoms with E-state index >= 15 is 0 Å². The van der Waals surface area contributed by atoms with Crippen LogP contribution in [0.4, 0.5) is 10.1 Å². The summed E-state index contributed by atoms with van der Waals surface area (Å²) in [4.78, 5) is 13.7. The first-order chi connectivity index (χ1) is 9.61. The fourth-order valence-corrected chi connectivity index (χ4v) is 2.09. The van der Waals surface area contributed by atoms with E-state index in [1.807, 2.05) is 13.0 Å². The van der Waals surface area contributed by atoms with Crippen LogP contribution >= 0.6 is 0 Å². The molecule has 0 saturated carbocycles. The number of fused-ring (bicyclic) bond motifs is 1. The van der Waals surface area contributed by atoms with Crippen LogP contribution in [0.15, 0.2) is 45.6 Å². The number of nitrogens with one attached hydrogen (secondary N) is 2. The summed E-state index contributed by atoms with van der Waals surface area (Å²) in [6, 6.07) is 10.0. The van der Waals surface area contributed by atoms with Gasteiger partial charge < -0.3 is 9.73 Å². The van der Waals surface area contributed by atoms with Crippen molar-refractivity contribution in [2.45, 2.75) is 13.5 Å². The second kappa shape index (κ2) is 4.85. The number of benzene rings is 2. The lowest BCUT2D eigenvalue weighted by molar-refractivity contribution is 0.555. The lowest BCUT2D eigenvalue weighted by Crippen LogP contribution is -2.01. The number of H-pyrrole nitrogens is 1. The first-order valence-corrected chi connectivity index (χ1v) is 6.23. The number of oxazole rings is 1. The molecule has 0 atom stereocenters. The summed E-state index contributed by atoms with van der Waals surface area (Å²) < 4.78 is 18.1. The van der Waals surface area contributed by atoms with Gasteiger partial charge >= 0.3 is 5.76 Å². The lowest BCUT2D eigenvalue weighted by atomic mass is 10.1. The highest BCUT2D eigenvalue weighted by atomic mass is 19.1. The molecule has 2 aromatic carbocycles. The van der Waals surface area contributed by atoms with Gasteiger partial charge in [-0.3, -0.25) is 4.98 Å². The maximum atomic E-state index is 13.2. The summed E-state index contributed by atoms with van der Waals surface area (Å²) in [5.74, 6) is -0.722. The third-order valence-corrected chi connectivity index (χ3v) is 3.21. The zero-order chi connectivity index (χ0) is 14.1. The van der Waals surface area contributed by atoms with Crippen molar-refractivity contribution in [3.8, 4) is 0 Å². The number of anilines is 1. The summed E-state index contributed by atoms with van der Waals surface area (Å²) in [6.45, 7) is 2.45. The molecule has 0 spiro atoms. The van der Waals surface area contributed by atoms with E-state index in [1.54, 1.807) is 18.2 Å². The van der Waals surface area contributed by atoms with E-state index in [2.05, 4.69) is 10.3 Å². The number of rotatable bonds is 3. The molecule has 0 bridgehead atoms. The SMILES string of the molecule is Cc1ccc(F)cc1CNc1ccc2oc(=O)[nH]c2c1. The number of hydrogen-bond acceptors (Lipinski definition) is 3. The number of aromatic amines is 1. The Morgan fingerprint density at radius 1 is 1.25 bits per heavy atom. The van der Waals surface area contributed by atoms with Gasteiger partial charge in [0.05, 0.1) is 5.52 Å². The molecule has 2 N–H and O–H groups in total. The largest absolute Gasteiger partial charge is 0.417 e. The standard InChI is InChI=1S/C15H13FN2O2/c1-9-2-3-11(16)6-10(9)8-17-12-4-5-14-13(7-12)18-15(19)20-14/h2-7,17H,8H2,1H3,(H,18,19). The van der Waals surface area contributed by atoms with E-state index in [9.17, 15) is 9.18 Å². The highest BCUT2D eigenvalue weighted by Crippen LogP contribution is 2.18. The van der Waals surface area contributed by atoms with Gasteiger partial charge in [-0.25, -0.2) is 9.18 Å². The lowest BCUT2D eigenvalue weighted by Gasteiger charge is -2.09. The molecule has 1 aromatic heterocycles. The number of aryl methyl sites for hydroxylation is 1. The normalized spacial score (nSPS) is 10.9. The minimum atomic E-state index is -0.474. The summed E-state index contributed by atoms with van der Waals surface area (Å²) in [7, 11) is 0. The van der Waals surface area contributed by atoms with Crippen molar-refractivity contribution in [3.05, 3.63) is 63.9 Å². The van der Waals surface area contributed by atoms with E-state index in [0.717, 1.165) is 16.8 Å². The Balaban J connectivity index is 1.82. The Morgan fingerprint density at radius 3 is 2.95 bits per heavy atom. The Labute approximate surface area is 114 Å². The molecule has 0 aliphatic carbocycles. The molecule has 0 amide bonds. The fraction of sp³-hybridized carbons (Fsp3) is 0.133. The van der Waals surface area contributed by atoms with Gasteiger partial charge in [0.15, 0.2) is 5.58 Å². The smallest absolute Gasteiger partial charge is 0.408 e. The zero-order valence-corrected chi connectivity index (χ0v) is 10.9. The molecule has 20 heavy (non-hydrogen) atoms. The molecular formula is C15H13FN2O2. The highest BCUT2D eigenvalue weighted by molar-refractivity contribution is 5.76. The predicted octanol–water partition coefficient (Wildman–Crippen LogP) is 3.18. The first kappa shape index (κ1) is 12.5. The van der Waals surface area contributed by atoms with Crippen molar-refractivity contribution < 1.29 is 8.81 Å². The van der Waals surface area contributed by atoms with Crippen molar-refractivity contribution in [3.63, 3.8) is 0 Å². The molecule has 5 heteroatoms. The molecular weight excluding hydrogens is 259 g/mol. The molecule has 102 valence electrons. The maximum Gasteiger partial charge on any atom is 0.417 e. The average Bonchev–Trinajstić information content (AvgIpc) is 2.79. The fourth-order valence-electron chi connectivity index (χ4n) is 2.09. The van der Waals surface area contributed by atoms with Crippen LogP contribution in [0.3, 0.4) is 0 Å². The maximum absolute atomic E-state index is 13.2. The van der Waals surface area contributed by atoms with Crippen LogP contribution in [0.5, 0.6) is 0 Å². The van der Waals surface area contributed by atoms with Crippen LogP contribution in [0.1, 0.15) is 11.1 Å². The quantitative estimate of drug-likeness (QED) is 0.770. The molecule has 3 aromatic rings. The summed E-state index contributed by atoms with van der Waals surface area (Å²) in [6.07, 6.45) is 0. The van der Waals surface area contributed by atoms with E-state index in [4.69, 9.17) is 4.42 Å². The molecule has 0 saturated heterocycles. The Kier molecular flexibility index (Phi) is 3.02. The molecule has 3 rings (SSSR count). The van der Waals surface area contributed by atoms with Crippen molar-refractivity contribution >= 4 is 16.8 Å². The van der Waals surface area contributed by atoms with Crippen LogP contribution < -0.4 is 11.1 Å². The monoisotopic (exact) mass is 272 g/mol. The highest BCUT2D eigenvalue weighted by Gasteiger charge is 2.03. The van der Waals surface area contributed by atoms with Crippen molar-refractivity contribution in [1.82, 2.24) is 4.98 Å². The van der Waals surface area contributed by atoms with Crippen LogP contribution in [-0.2, 0) is 6.54 Å². The van der Waals surface area contributed by atoms with Gasteiger partial charge in [-0.15, -0.1) is 0 Å². The first-order valence-electron chi connectivity index (χ1n) is 6.23. The predicted molar refractivity (Wildman–Crippen MR) is 75.3 cm³/mol. The van der Waals surface area contributed by atoms with Gasteiger partial charge in [0.2, 0.25) is 0 Å². The summed E-state index contributed by atoms with van der Waals surface area (Å²) >= 11 is 0. The van der Waals surface area contributed by atoms with Crippen LogP contribution in [0.25, 0.3) is 11.1 Å². The van der Waals surface area contributed by atoms with Crippen molar-refractivity contribution in [2.75, 3.05) is 5.32 Å². The van der Waals surface area contributed by atoms with Gasteiger partial charge in [0, 0.05) is 12.2 Å². The van der Waals surface area contributed by atoms with Crippen LogP contribution in [-0.4, -0.2) is 4.98 Å². The van der Waals surface area contributed by atoms with E-state index in [1.165, 1.54) is 12.1 Å². The average molecular weight is 272 g/mol.